The van der Waals surface area contributed by atoms with E-state index in [2.05, 4.69) is 18.1 Å². The number of aryl methyl sites for hydroxylation is 2. The summed E-state index contributed by atoms with van der Waals surface area (Å²) in [6.07, 6.45) is 5.42. The lowest BCUT2D eigenvalue weighted by atomic mass is 10.3. The number of fused-ring (bicyclic) bond motifs is 1. The summed E-state index contributed by atoms with van der Waals surface area (Å²) in [4.78, 5) is 0. The van der Waals surface area contributed by atoms with Crippen molar-refractivity contribution in [3.05, 3.63) is 30.1 Å². The van der Waals surface area contributed by atoms with Gasteiger partial charge in [-0.05, 0) is 12.1 Å². The molecule has 2 heteroatoms. The molecule has 2 nitrogen and oxygen atoms in total. The molecule has 13 heavy (non-hydrogen) atoms. The third-order valence-corrected chi connectivity index (χ3v) is 2.37. The molecule has 0 aliphatic carbocycles. The van der Waals surface area contributed by atoms with Gasteiger partial charge in [0.25, 0.3) is 0 Å². The maximum Gasteiger partial charge on any atom is 0.335 e. The summed E-state index contributed by atoms with van der Waals surface area (Å²) >= 11 is 0. The van der Waals surface area contributed by atoms with Gasteiger partial charge in [-0.25, -0.2) is 9.13 Å². The Hall–Kier alpha value is -1.75. The van der Waals surface area contributed by atoms with Gasteiger partial charge < -0.3 is 0 Å². The molecule has 0 unspecified atom stereocenters. The van der Waals surface area contributed by atoms with Crippen LogP contribution < -0.4 is 4.57 Å². The number of para-hydroxylation sites is 2. The van der Waals surface area contributed by atoms with Crippen LogP contribution in [0, 0.1) is 12.3 Å². The SMILES string of the molecule is C#Cc1n(C)c2ccccc2[n+]1C. The second-order valence-electron chi connectivity index (χ2n) is 3.07. The molecule has 0 amide bonds. The van der Waals surface area contributed by atoms with Gasteiger partial charge in [-0.1, -0.05) is 12.1 Å². The Kier molecular flexibility index (Phi) is 1.60. The maximum absolute atomic E-state index is 5.42. The molecule has 1 aromatic heterocycles. The molecule has 0 atom stereocenters. The molecule has 0 aliphatic rings. The summed E-state index contributed by atoms with van der Waals surface area (Å²) in [7, 11) is 3.97. The second-order valence-corrected chi connectivity index (χ2v) is 3.07. The molecule has 0 radical (unpaired) electrons. The minimum Gasteiger partial charge on any atom is -0.218 e. The molecule has 1 heterocycles. The zero-order chi connectivity index (χ0) is 9.42. The fraction of sp³-hybridized carbons (Fsp3) is 0.182. The van der Waals surface area contributed by atoms with Crippen LogP contribution in [0.15, 0.2) is 24.3 Å². The van der Waals surface area contributed by atoms with E-state index in [4.69, 9.17) is 6.42 Å². The average Bonchev–Trinajstić information content (AvgIpc) is 2.41. The average molecular weight is 171 g/mol. The minimum atomic E-state index is 0.890. The fourth-order valence-corrected chi connectivity index (χ4v) is 1.68. The van der Waals surface area contributed by atoms with E-state index in [1.165, 1.54) is 0 Å². The molecule has 0 fully saturated rings. The van der Waals surface area contributed by atoms with Crippen LogP contribution in [-0.2, 0) is 14.1 Å². The zero-order valence-electron chi connectivity index (χ0n) is 7.78. The molecular weight excluding hydrogens is 160 g/mol. The predicted octanol–water partition coefficient (Wildman–Crippen LogP) is 0.984. The van der Waals surface area contributed by atoms with E-state index in [0.29, 0.717) is 0 Å². The van der Waals surface area contributed by atoms with Crippen LogP contribution in [0.5, 0.6) is 0 Å². The van der Waals surface area contributed by atoms with Crippen LogP contribution in [0.25, 0.3) is 11.0 Å². The van der Waals surface area contributed by atoms with Crippen molar-refractivity contribution in [3.63, 3.8) is 0 Å². The summed E-state index contributed by atoms with van der Waals surface area (Å²) in [6, 6.07) is 8.16. The first kappa shape index (κ1) is 7.88. The summed E-state index contributed by atoms with van der Waals surface area (Å²) < 4.78 is 4.05. The van der Waals surface area contributed by atoms with Gasteiger partial charge in [0, 0.05) is 5.92 Å². The zero-order valence-corrected chi connectivity index (χ0v) is 7.78. The molecule has 0 saturated heterocycles. The first-order valence-corrected chi connectivity index (χ1v) is 4.15. The van der Waals surface area contributed by atoms with Gasteiger partial charge in [0.2, 0.25) is 0 Å². The van der Waals surface area contributed by atoms with E-state index in [0.717, 1.165) is 16.9 Å². The highest BCUT2D eigenvalue weighted by molar-refractivity contribution is 5.72. The van der Waals surface area contributed by atoms with Crippen LogP contribution in [0.2, 0.25) is 0 Å². The van der Waals surface area contributed by atoms with Crippen molar-refractivity contribution in [1.82, 2.24) is 4.57 Å². The Morgan fingerprint density at radius 3 is 2.69 bits per heavy atom. The number of imidazole rings is 1. The Morgan fingerprint density at radius 2 is 2.08 bits per heavy atom. The Balaban J connectivity index is 2.99. The first-order chi connectivity index (χ1) is 6.25. The summed E-state index contributed by atoms with van der Waals surface area (Å²) in [5.74, 6) is 3.57. The van der Waals surface area contributed by atoms with Gasteiger partial charge in [0.1, 0.15) is 0 Å². The molecule has 2 rings (SSSR count). The smallest absolute Gasteiger partial charge is 0.218 e. The van der Waals surface area contributed by atoms with Crippen molar-refractivity contribution < 1.29 is 4.57 Å². The summed E-state index contributed by atoms with van der Waals surface area (Å²) in [5, 5.41) is 0. The summed E-state index contributed by atoms with van der Waals surface area (Å²) in [6.45, 7) is 0. The lowest BCUT2D eigenvalue weighted by molar-refractivity contribution is -0.648. The maximum atomic E-state index is 5.42. The molecule has 2 aromatic rings. The van der Waals surface area contributed by atoms with Gasteiger partial charge in [-0.3, -0.25) is 0 Å². The van der Waals surface area contributed by atoms with Crippen LogP contribution >= 0.6 is 0 Å². The number of terminal acetylenes is 1. The largest absolute Gasteiger partial charge is 0.335 e. The third-order valence-electron chi connectivity index (χ3n) is 2.37. The topological polar surface area (TPSA) is 8.81 Å². The molecule has 1 aromatic carbocycles. The van der Waals surface area contributed by atoms with Crippen LogP contribution in [0.3, 0.4) is 0 Å². The monoisotopic (exact) mass is 171 g/mol. The van der Waals surface area contributed by atoms with Gasteiger partial charge in [-0.2, -0.15) is 0 Å². The van der Waals surface area contributed by atoms with Gasteiger partial charge in [0.15, 0.2) is 11.0 Å². The van der Waals surface area contributed by atoms with Crippen LogP contribution in [-0.4, -0.2) is 4.57 Å². The highest BCUT2D eigenvalue weighted by Gasteiger charge is 2.16. The lowest BCUT2D eigenvalue weighted by Crippen LogP contribution is -2.31. The van der Waals surface area contributed by atoms with Crippen molar-refractivity contribution in [3.8, 4) is 12.3 Å². The number of hydrogen-bond acceptors (Lipinski definition) is 0. The molecule has 0 bridgehead atoms. The molecular formula is C11H11N2+. The second kappa shape index (κ2) is 2.63. The molecule has 0 spiro atoms. The van der Waals surface area contributed by atoms with Gasteiger partial charge in [-0.15, -0.1) is 6.42 Å². The highest BCUT2D eigenvalue weighted by atomic mass is 15.1. The lowest BCUT2D eigenvalue weighted by Gasteiger charge is -1.85. The minimum absolute atomic E-state index is 0.890. The van der Waals surface area contributed by atoms with E-state index < -0.39 is 0 Å². The Morgan fingerprint density at radius 1 is 1.38 bits per heavy atom. The fourth-order valence-electron chi connectivity index (χ4n) is 1.68. The molecule has 0 aliphatic heterocycles. The normalized spacial score (nSPS) is 10.2. The van der Waals surface area contributed by atoms with E-state index in [-0.39, 0.29) is 0 Å². The van der Waals surface area contributed by atoms with E-state index in [9.17, 15) is 0 Å². The first-order valence-electron chi connectivity index (χ1n) is 4.15. The van der Waals surface area contributed by atoms with Crippen molar-refractivity contribution in [2.45, 2.75) is 0 Å². The molecule has 0 N–H and O–H groups in total. The van der Waals surface area contributed by atoms with Crippen LogP contribution in [0.1, 0.15) is 5.82 Å². The predicted molar refractivity (Wildman–Crippen MR) is 52.0 cm³/mol. The van der Waals surface area contributed by atoms with E-state index in [1.54, 1.807) is 0 Å². The Bertz CT molecular complexity index is 462. The molecule has 0 saturated carbocycles. The number of rotatable bonds is 0. The van der Waals surface area contributed by atoms with Crippen molar-refractivity contribution in [2.24, 2.45) is 14.1 Å². The Labute approximate surface area is 77.4 Å². The van der Waals surface area contributed by atoms with Crippen molar-refractivity contribution in [2.75, 3.05) is 0 Å². The number of aromatic nitrogens is 2. The quantitative estimate of drug-likeness (QED) is 0.413. The van der Waals surface area contributed by atoms with Crippen molar-refractivity contribution >= 4 is 11.0 Å². The standard InChI is InChI=1S/C11H11N2/c1-4-11-12(2)9-7-5-6-8-10(9)13(11)3/h1,5-8H,2-3H3/q+1. The van der Waals surface area contributed by atoms with Crippen molar-refractivity contribution in [1.29, 1.82) is 0 Å². The summed E-state index contributed by atoms with van der Waals surface area (Å²) in [5.41, 5.74) is 2.33. The number of benzene rings is 1. The third kappa shape index (κ3) is 0.940. The van der Waals surface area contributed by atoms with Gasteiger partial charge >= 0.3 is 5.82 Å². The number of nitrogens with zero attached hydrogens (tertiary/aromatic N) is 2. The van der Waals surface area contributed by atoms with E-state index >= 15 is 0 Å². The highest BCUT2D eigenvalue weighted by Crippen LogP contribution is 2.10. The van der Waals surface area contributed by atoms with E-state index in [1.807, 2.05) is 35.4 Å². The van der Waals surface area contributed by atoms with Gasteiger partial charge in [0.05, 0.1) is 14.1 Å². The molecule has 64 valence electrons. The van der Waals surface area contributed by atoms with Crippen LogP contribution in [0.4, 0.5) is 0 Å². The number of hydrogen-bond donors (Lipinski definition) is 0.